The molecule has 100 valence electrons. The third-order valence-corrected chi connectivity index (χ3v) is 3.80. The Kier molecular flexibility index (Phi) is 4.61. The Labute approximate surface area is 109 Å². The second-order valence-corrected chi connectivity index (χ2v) is 5.16. The highest BCUT2D eigenvalue weighted by molar-refractivity contribution is 5.36. The first-order valence-corrected chi connectivity index (χ1v) is 6.74. The fourth-order valence-corrected chi connectivity index (χ4v) is 2.91. The lowest BCUT2D eigenvalue weighted by molar-refractivity contribution is 0.0889. The smallest absolute Gasteiger partial charge is 0.123 e. The molecule has 3 nitrogen and oxygen atoms in total. The largest absolute Gasteiger partial charge is 0.496 e. The van der Waals surface area contributed by atoms with Crippen LogP contribution in [0.1, 0.15) is 31.4 Å². The lowest BCUT2D eigenvalue weighted by atomic mass is 9.89. The van der Waals surface area contributed by atoms with Gasteiger partial charge in [0.05, 0.1) is 13.7 Å². The summed E-state index contributed by atoms with van der Waals surface area (Å²) in [6.07, 6.45) is 2.38. The molecule has 0 saturated carbocycles. The Balaban J connectivity index is 2.23. The molecule has 0 aliphatic carbocycles. The molecule has 0 bridgehead atoms. The van der Waals surface area contributed by atoms with Crippen LogP contribution in [0.15, 0.2) is 24.3 Å². The second kappa shape index (κ2) is 6.21. The number of hydrogen-bond donors (Lipinski definition) is 1. The van der Waals surface area contributed by atoms with Crippen molar-refractivity contribution in [3.05, 3.63) is 29.8 Å². The van der Waals surface area contributed by atoms with E-state index in [2.05, 4.69) is 24.0 Å². The number of para-hydroxylation sites is 1. The normalized spacial score (nSPS) is 25.1. The van der Waals surface area contributed by atoms with Crippen LogP contribution in [0.4, 0.5) is 0 Å². The van der Waals surface area contributed by atoms with Gasteiger partial charge in [-0.05, 0) is 24.8 Å². The first-order valence-electron chi connectivity index (χ1n) is 6.74. The SMILES string of the molecule is COc1ccccc1[C@@H]1CC[C@@H](C)CN1CCO. The minimum atomic E-state index is 0.221. The maximum atomic E-state index is 9.22. The summed E-state index contributed by atoms with van der Waals surface area (Å²) in [4.78, 5) is 2.38. The first kappa shape index (κ1) is 13.4. The molecule has 1 aromatic rings. The molecule has 0 aromatic heterocycles. The van der Waals surface area contributed by atoms with Gasteiger partial charge in [-0.1, -0.05) is 25.1 Å². The number of ether oxygens (including phenoxy) is 1. The third kappa shape index (κ3) is 2.85. The van der Waals surface area contributed by atoms with Crippen LogP contribution in [-0.4, -0.2) is 36.8 Å². The second-order valence-electron chi connectivity index (χ2n) is 5.16. The van der Waals surface area contributed by atoms with E-state index in [9.17, 15) is 5.11 Å². The predicted octanol–water partition coefficient (Wildman–Crippen LogP) is 2.46. The number of rotatable bonds is 4. The number of benzene rings is 1. The van der Waals surface area contributed by atoms with Crippen molar-refractivity contribution in [3.8, 4) is 5.75 Å². The molecule has 2 atom stereocenters. The lowest BCUT2D eigenvalue weighted by Crippen LogP contribution is -2.39. The molecule has 18 heavy (non-hydrogen) atoms. The number of methoxy groups -OCH3 is 1. The van der Waals surface area contributed by atoms with Crippen molar-refractivity contribution < 1.29 is 9.84 Å². The minimum absolute atomic E-state index is 0.221. The quantitative estimate of drug-likeness (QED) is 0.889. The van der Waals surface area contributed by atoms with Crippen LogP contribution in [0.2, 0.25) is 0 Å². The van der Waals surface area contributed by atoms with Crippen molar-refractivity contribution in [2.24, 2.45) is 5.92 Å². The summed E-state index contributed by atoms with van der Waals surface area (Å²) >= 11 is 0. The number of hydrogen-bond acceptors (Lipinski definition) is 3. The highest BCUT2D eigenvalue weighted by Gasteiger charge is 2.28. The van der Waals surface area contributed by atoms with Gasteiger partial charge in [0.1, 0.15) is 5.75 Å². The lowest BCUT2D eigenvalue weighted by Gasteiger charge is -2.39. The summed E-state index contributed by atoms with van der Waals surface area (Å²) in [5.41, 5.74) is 1.25. The van der Waals surface area contributed by atoms with Crippen LogP contribution in [0.5, 0.6) is 5.75 Å². The Hall–Kier alpha value is -1.06. The molecule has 1 aliphatic rings. The van der Waals surface area contributed by atoms with Crippen molar-refractivity contribution in [1.82, 2.24) is 4.90 Å². The van der Waals surface area contributed by atoms with Crippen LogP contribution >= 0.6 is 0 Å². The zero-order valence-corrected chi connectivity index (χ0v) is 11.3. The van der Waals surface area contributed by atoms with Crippen LogP contribution in [-0.2, 0) is 0 Å². The summed E-state index contributed by atoms with van der Waals surface area (Å²) in [6.45, 7) is 4.30. The van der Waals surface area contributed by atoms with Gasteiger partial charge in [-0.15, -0.1) is 0 Å². The fourth-order valence-electron chi connectivity index (χ4n) is 2.91. The van der Waals surface area contributed by atoms with E-state index in [4.69, 9.17) is 4.74 Å². The average molecular weight is 249 g/mol. The van der Waals surface area contributed by atoms with Gasteiger partial charge in [-0.25, -0.2) is 0 Å². The van der Waals surface area contributed by atoms with Gasteiger partial charge in [0.15, 0.2) is 0 Å². The third-order valence-electron chi connectivity index (χ3n) is 3.80. The summed E-state index contributed by atoms with van der Waals surface area (Å²) < 4.78 is 5.46. The van der Waals surface area contributed by atoms with E-state index < -0.39 is 0 Å². The Morgan fingerprint density at radius 3 is 2.83 bits per heavy atom. The van der Waals surface area contributed by atoms with E-state index in [0.717, 1.165) is 25.3 Å². The highest BCUT2D eigenvalue weighted by atomic mass is 16.5. The van der Waals surface area contributed by atoms with Crippen LogP contribution in [0.25, 0.3) is 0 Å². The molecule has 0 radical (unpaired) electrons. The molecule has 2 rings (SSSR count). The van der Waals surface area contributed by atoms with Gasteiger partial charge in [0.2, 0.25) is 0 Å². The zero-order valence-electron chi connectivity index (χ0n) is 11.3. The zero-order chi connectivity index (χ0) is 13.0. The number of β-amino-alcohol motifs (C(OH)–C–C–N with tert-alkyl or cyclic N) is 1. The Morgan fingerprint density at radius 2 is 2.11 bits per heavy atom. The van der Waals surface area contributed by atoms with Crippen LogP contribution in [0, 0.1) is 5.92 Å². The highest BCUT2D eigenvalue weighted by Crippen LogP contribution is 2.37. The van der Waals surface area contributed by atoms with E-state index >= 15 is 0 Å². The predicted molar refractivity (Wildman–Crippen MR) is 72.8 cm³/mol. The van der Waals surface area contributed by atoms with Gasteiger partial charge >= 0.3 is 0 Å². The van der Waals surface area contributed by atoms with Gasteiger partial charge in [0.25, 0.3) is 0 Å². The molecule has 0 unspecified atom stereocenters. The van der Waals surface area contributed by atoms with Gasteiger partial charge < -0.3 is 9.84 Å². The van der Waals surface area contributed by atoms with Crippen molar-refractivity contribution >= 4 is 0 Å². The number of nitrogens with zero attached hydrogens (tertiary/aromatic N) is 1. The molecule has 1 fully saturated rings. The van der Waals surface area contributed by atoms with Gasteiger partial charge in [-0.2, -0.15) is 0 Å². The summed E-state index contributed by atoms with van der Waals surface area (Å²) in [5.74, 6) is 1.67. The average Bonchev–Trinajstić information content (AvgIpc) is 2.39. The standard InChI is InChI=1S/C15H23NO2/c1-12-7-8-14(16(11-12)9-10-17)13-5-3-4-6-15(13)18-2/h3-6,12,14,17H,7-11H2,1-2H3/t12-,14+/m1/s1. The first-order chi connectivity index (χ1) is 8.76. The molecule has 3 heteroatoms. The summed E-state index contributed by atoms with van der Waals surface area (Å²) in [5, 5.41) is 9.22. The molecule has 1 aliphatic heterocycles. The fraction of sp³-hybridized carbons (Fsp3) is 0.600. The van der Waals surface area contributed by atoms with E-state index in [0.29, 0.717) is 12.0 Å². The van der Waals surface area contributed by atoms with Crippen molar-refractivity contribution in [3.63, 3.8) is 0 Å². The maximum Gasteiger partial charge on any atom is 0.123 e. The van der Waals surface area contributed by atoms with Gasteiger partial charge in [-0.3, -0.25) is 4.90 Å². The number of aliphatic hydroxyl groups is 1. The molecule has 1 heterocycles. The van der Waals surface area contributed by atoms with E-state index in [1.165, 1.54) is 12.0 Å². The van der Waals surface area contributed by atoms with Crippen LogP contribution < -0.4 is 4.74 Å². The molecule has 0 amide bonds. The topological polar surface area (TPSA) is 32.7 Å². The molecule has 1 saturated heterocycles. The molecule has 1 N–H and O–H groups in total. The minimum Gasteiger partial charge on any atom is -0.496 e. The number of likely N-dealkylation sites (tertiary alicyclic amines) is 1. The summed E-state index contributed by atoms with van der Waals surface area (Å²) in [6, 6.07) is 8.61. The number of piperidine rings is 1. The van der Waals surface area contributed by atoms with E-state index in [1.807, 2.05) is 12.1 Å². The Morgan fingerprint density at radius 1 is 1.33 bits per heavy atom. The number of aliphatic hydroxyl groups excluding tert-OH is 1. The molecule has 0 spiro atoms. The van der Waals surface area contributed by atoms with E-state index in [1.54, 1.807) is 7.11 Å². The van der Waals surface area contributed by atoms with Crippen molar-refractivity contribution in [1.29, 1.82) is 0 Å². The molecular weight excluding hydrogens is 226 g/mol. The molecule has 1 aromatic carbocycles. The monoisotopic (exact) mass is 249 g/mol. The van der Waals surface area contributed by atoms with E-state index in [-0.39, 0.29) is 6.61 Å². The van der Waals surface area contributed by atoms with Gasteiger partial charge in [0, 0.05) is 24.7 Å². The summed E-state index contributed by atoms with van der Waals surface area (Å²) in [7, 11) is 1.72. The molecular formula is C15H23NO2. The van der Waals surface area contributed by atoms with Crippen molar-refractivity contribution in [2.45, 2.75) is 25.8 Å². The Bertz CT molecular complexity index is 381. The maximum absolute atomic E-state index is 9.22. The van der Waals surface area contributed by atoms with Crippen molar-refractivity contribution in [2.75, 3.05) is 26.8 Å². The van der Waals surface area contributed by atoms with Crippen LogP contribution in [0.3, 0.4) is 0 Å².